The fraction of sp³-hybridized carbons (Fsp3) is 0.235. The molecule has 0 atom stereocenters. The summed E-state index contributed by atoms with van der Waals surface area (Å²) in [5.74, 6) is -0.236. The zero-order valence-corrected chi connectivity index (χ0v) is 15.3. The molecule has 0 aromatic heterocycles. The van der Waals surface area contributed by atoms with Crippen molar-refractivity contribution in [1.82, 2.24) is 4.31 Å². The Kier molecular flexibility index (Phi) is 5.64. The van der Waals surface area contributed by atoms with E-state index < -0.39 is 10.0 Å². The molecule has 0 saturated heterocycles. The van der Waals surface area contributed by atoms with Gasteiger partial charge < -0.3 is 5.32 Å². The second-order valence-corrected chi connectivity index (χ2v) is 8.21. The number of benzene rings is 2. The summed E-state index contributed by atoms with van der Waals surface area (Å²) in [4.78, 5) is 12.4. The largest absolute Gasteiger partial charge is 0.326 e. The molecule has 0 fully saturated rings. The minimum absolute atomic E-state index is 0.135. The predicted octanol–water partition coefficient (Wildman–Crippen LogP) is 3.08. The Balaban J connectivity index is 2.21. The van der Waals surface area contributed by atoms with Gasteiger partial charge in [-0.3, -0.25) is 4.79 Å². The molecule has 2 aromatic carbocycles. The second kappa shape index (κ2) is 7.34. The molecule has 128 valence electrons. The van der Waals surface area contributed by atoms with Gasteiger partial charge in [-0.05, 0) is 42.3 Å². The van der Waals surface area contributed by atoms with Crippen LogP contribution in [-0.2, 0) is 21.2 Å². The summed E-state index contributed by atoms with van der Waals surface area (Å²) in [7, 11) is -0.622. The average Bonchev–Trinajstić information content (AvgIpc) is 2.49. The quantitative estimate of drug-likeness (QED) is 0.884. The highest BCUT2D eigenvalue weighted by molar-refractivity contribution is 7.89. The smallest absolute Gasteiger partial charge is 0.242 e. The summed E-state index contributed by atoms with van der Waals surface area (Å²) < 4.78 is 25.6. The molecule has 0 aliphatic carbocycles. The van der Waals surface area contributed by atoms with Crippen LogP contribution in [0.25, 0.3) is 0 Å². The number of nitrogens with zero attached hydrogens (tertiary/aromatic N) is 1. The number of aryl methyl sites for hydroxylation is 1. The Labute approximate surface area is 147 Å². The molecule has 1 amide bonds. The van der Waals surface area contributed by atoms with Gasteiger partial charge in [-0.25, -0.2) is 12.7 Å². The number of carbonyl (C=O) groups excluding carboxylic acids is 1. The van der Waals surface area contributed by atoms with Gasteiger partial charge in [0.25, 0.3) is 0 Å². The van der Waals surface area contributed by atoms with Crippen molar-refractivity contribution in [2.24, 2.45) is 0 Å². The maximum Gasteiger partial charge on any atom is 0.242 e. The molecule has 1 N–H and O–H groups in total. The number of sulfonamides is 1. The van der Waals surface area contributed by atoms with Crippen LogP contribution in [0.3, 0.4) is 0 Å². The third-order valence-electron chi connectivity index (χ3n) is 3.52. The minimum atomic E-state index is -3.55. The van der Waals surface area contributed by atoms with Gasteiger partial charge >= 0.3 is 0 Å². The van der Waals surface area contributed by atoms with E-state index >= 15 is 0 Å². The zero-order valence-electron chi connectivity index (χ0n) is 13.7. The highest BCUT2D eigenvalue weighted by atomic mass is 35.5. The van der Waals surface area contributed by atoms with Crippen LogP contribution in [0.1, 0.15) is 11.1 Å². The van der Waals surface area contributed by atoms with Gasteiger partial charge in [0.15, 0.2) is 0 Å². The van der Waals surface area contributed by atoms with E-state index in [0.717, 1.165) is 15.4 Å². The third-order valence-corrected chi connectivity index (χ3v) is 5.56. The molecule has 0 unspecified atom stereocenters. The molecule has 0 heterocycles. The highest BCUT2D eigenvalue weighted by Crippen LogP contribution is 2.22. The molecule has 0 saturated carbocycles. The van der Waals surface area contributed by atoms with Crippen molar-refractivity contribution in [3.8, 4) is 0 Å². The van der Waals surface area contributed by atoms with Gasteiger partial charge in [0.1, 0.15) is 0 Å². The average molecular weight is 367 g/mol. The van der Waals surface area contributed by atoms with Crippen LogP contribution in [0.4, 0.5) is 5.69 Å². The van der Waals surface area contributed by atoms with E-state index in [1.165, 1.54) is 26.2 Å². The summed E-state index contributed by atoms with van der Waals surface area (Å²) in [6.45, 7) is 1.81. The van der Waals surface area contributed by atoms with Crippen LogP contribution < -0.4 is 5.32 Å². The first-order chi connectivity index (χ1) is 11.2. The lowest BCUT2D eigenvalue weighted by molar-refractivity contribution is -0.115. The SMILES string of the molecule is Cc1ccc(S(=O)(=O)N(C)C)cc1NC(=O)Cc1cccc(Cl)c1. The molecule has 0 aliphatic rings. The van der Waals surface area contributed by atoms with E-state index in [1.54, 1.807) is 31.2 Å². The maximum atomic E-state index is 12.2. The molecular weight excluding hydrogens is 348 g/mol. The van der Waals surface area contributed by atoms with Gasteiger partial charge in [-0.2, -0.15) is 0 Å². The molecule has 5 nitrogen and oxygen atoms in total. The number of hydrogen-bond donors (Lipinski definition) is 1. The Bertz CT molecular complexity index is 864. The van der Waals surface area contributed by atoms with Crippen molar-refractivity contribution in [3.05, 3.63) is 58.6 Å². The fourth-order valence-electron chi connectivity index (χ4n) is 2.13. The molecule has 0 radical (unpaired) electrons. The molecule has 0 spiro atoms. The number of amides is 1. The molecule has 0 bridgehead atoms. The van der Waals surface area contributed by atoms with Crippen molar-refractivity contribution in [2.75, 3.05) is 19.4 Å². The van der Waals surface area contributed by atoms with E-state index in [4.69, 9.17) is 11.6 Å². The van der Waals surface area contributed by atoms with Crippen LogP contribution in [-0.4, -0.2) is 32.7 Å². The molecular formula is C17H19ClN2O3S. The van der Waals surface area contributed by atoms with Crippen LogP contribution in [0.2, 0.25) is 5.02 Å². The van der Waals surface area contributed by atoms with Crippen LogP contribution in [0.5, 0.6) is 0 Å². The van der Waals surface area contributed by atoms with Gasteiger partial charge in [0.05, 0.1) is 11.3 Å². The summed E-state index contributed by atoms with van der Waals surface area (Å²) in [5, 5.41) is 3.33. The molecule has 2 aromatic rings. The molecule has 7 heteroatoms. The Hall–Kier alpha value is -1.89. The van der Waals surface area contributed by atoms with Crippen molar-refractivity contribution in [3.63, 3.8) is 0 Å². The maximum absolute atomic E-state index is 12.2. The van der Waals surface area contributed by atoms with E-state index in [9.17, 15) is 13.2 Å². The topological polar surface area (TPSA) is 66.5 Å². The summed E-state index contributed by atoms with van der Waals surface area (Å²) in [5.41, 5.74) is 2.05. The van der Waals surface area contributed by atoms with Crippen molar-refractivity contribution in [1.29, 1.82) is 0 Å². The van der Waals surface area contributed by atoms with E-state index in [2.05, 4.69) is 5.32 Å². The lowest BCUT2D eigenvalue weighted by Crippen LogP contribution is -2.22. The second-order valence-electron chi connectivity index (χ2n) is 5.62. The minimum Gasteiger partial charge on any atom is -0.326 e. The van der Waals surface area contributed by atoms with Gasteiger partial charge in [0, 0.05) is 24.8 Å². The van der Waals surface area contributed by atoms with Gasteiger partial charge in [0.2, 0.25) is 15.9 Å². The van der Waals surface area contributed by atoms with Crippen LogP contribution >= 0.6 is 11.6 Å². The first kappa shape index (κ1) is 18.4. The van der Waals surface area contributed by atoms with Gasteiger partial charge in [-0.15, -0.1) is 0 Å². The number of carbonyl (C=O) groups is 1. The molecule has 2 rings (SSSR count). The predicted molar refractivity (Wildman–Crippen MR) is 95.8 cm³/mol. The Morgan fingerprint density at radius 1 is 1.17 bits per heavy atom. The first-order valence-corrected chi connectivity index (χ1v) is 9.09. The molecule has 24 heavy (non-hydrogen) atoms. The lowest BCUT2D eigenvalue weighted by Gasteiger charge is -2.14. The Morgan fingerprint density at radius 2 is 1.88 bits per heavy atom. The van der Waals surface area contributed by atoms with E-state index in [0.29, 0.717) is 10.7 Å². The summed E-state index contributed by atoms with van der Waals surface area (Å²) in [6.07, 6.45) is 0.157. The highest BCUT2D eigenvalue weighted by Gasteiger charge is 2.18. The number of nitrogens with one attached hydrogen (secondary N) is 1. The van der Waals surface area contributed by atoms with Crippen LogP contribution in [0.15, 0.2) is 47.4 Å². The normalized spacial score (nSPS) is 11.5. The fourth-order valence-corrected chi connectivity index (χ4v) is 3.28. The Morgan fingerprint density at radius 3 is 2.50 bits per heavy atom. The van der Waals surface area contributed by atoms with Crippen LogP contribution in [0, 0.1) is 6.92 Å². The van der Waals surface area contributed by atoms with Crippen molar-refractivity contribution in [2.45, 2.75) is 18.2 Å². The number of hydrogen-bond acceptors (Lipinski definition) is 3. The van der Waals surface area contributed by atoms with E-state index in [1.807, 2.05) is 6.07 Å². The third kappa shape index (κ3) is 4.35. The standard InChI is InChI=1S/C17H19ClN2O3S/c1-12-7-8-15(24(22,23)20(2)3)11-16(12)19-17(21)10-13-5-4-6-14(18)9-13/h4-9,11H,10H2,1-3H3,(H,19,21). The zero-order chi connectivity index (χ0) is 17.9. The van der Waals surface area contributed by atoms with Gasteiger partial charge in [-0.1, -0.05) is 29.8 Å². The lowest BCUT2D eigenvalue weighted by atomic mass is 10.1. The number of anilines is 1. The summed E-state index contributed by atoms with van der Waals surface area (Å²) >= 11 is 5.91. The number of halogens is 1. The number of rotatable bonds is 5. The summed E-state index contributed by atoms with van der Waals surface area (Å²) in [6, 6.07) is 11.7. The molecule has 0 aliphatic heterocycles. The first-order valence-electron chi connectivity index (χ1n) is 7.27. The van der Waals surface area contributed by atoms with Crippen molar-refractivity contribution < 1.29 is 13.2 Å². The van der Waals surface area contributed by atoms with Crippen molar-refractivity contribution >= 4 is 33.2 Å². The van der Waals surface area contributed by atoms with E-state index in [-0.39, 0.29) is 17.2 Å². The monoisotopic (exact) mass is 366 g/mol.